The molecule has 0 saturated heterocycles. The molecule has 4 nitrogen and oxygen atoms in total. The zero-order valence-corrected chi connectivity index (χ0v) is 16.1. The molecule has 0 atom stereocenters. The molecule has 23 heavy (non-hydrogen) atoms. The van der Waals surface area contributed by atoms with Crippen molar-refractivity contribution in [3.05, 3.63) is 28.8 Å². The van der Waals surface area contributed by atoms with E-state index in [2.05, 4.69) is 35.9 Å². The number of likely N-dealkylation sites (N-methyl/N-ethyl adjacent to an activating group) is 2. The van der Waals surface area contributed by atoms with Crippen molar-refractivity contribution in [2.24, 2.45) is 0 Å². The van der Waals surface area contributed by atoms with Gasteiger partial charge in [0.1, 0.15) is 0 Å². The van der Waals surface area contributed by atoms with Crippen molar-refractivity contribution < 1.29 is 4.79 Å². The van der Waals surface area contributed by atoms with E-state index in [1.165, 1.54) is 0 Å². The van der Waals surface area contributed by atoms with Gasteiger partial charge in [-0.15, -0.1) is 12.4 Å². The van der Waals surface area contributed by atoms with E-state index in [9.17, 15) is 4.79 Å². The van der Waals surface area contributed by atoms with E-state index >= 15 is 0 Å². The molecule has 6 heteroatoms. The van der Waals surface area contributed by atoms with Crippen molar-refractivity contribution in [3.63, 3.8) is 0 Å². The SMILES string of the molecule is CCN(CC)CCN(CC)CC(=O)Nc1c(C)cccc1Cl.Cl. The third-order valence-electron chi connectivity index (χ3n) is 3.93. The topological polar surface area (TPSA) is 35.6 Å². The lowest BCUT2D eigenvalue weighted by molar-refractivity contribution is -0.117. The first-order valence-corrected chi connectivity index (χ1v) is 8.39. The number of carbonyl (C=O) groups excluding carboxylic acids is 1. The van der Waals surface area contributed by atoms with Gasteiger partial charge in [0.2, 0.25) is 5.91 Å². The van der Waals surface area contributed by atoms with Crippen LogP contribution in [-0.4, -0.2) is 55.0 Å². The Morgan fingerprint density at radius 2 is 1.65 bits per heavy atom. The van der Waals surface area contributed by atoms with E-state index in [0.717, 1.165) is 38.3 Å². The Morgan fingerprint density at radius 3 is 2.17 bits per heavy atom. The zero-order valence-electron chi connectivity index (χ0n) is 14.6. The van der Waals surface area contributed by atoms with Crippen LogP contribution >= 0.6 is 24.0 Å². The molecule has 0 heterocycles. The number of carbonyl (C=O) groups is 1. The lowest BCUT2D eigenvalue weighted by Gasteiger charge is -2.25. The van der Waals surface area contributed by atoms with Gasteiger partial charge >= 0.3 is 0 Å². The molecule has 0 aliphatic heterocycles. The van der Waals surface area contributed by atoms with Crippen molar-refractivity contribution in [3.8, 4) is 0 Å². The minimum absolute atomic E-state index is 0. The Morgan fingerprint density at radius 1 is 1.09 bits per heavy atom. The highest BCUT2D eigenvalue weighted by atomic mass is 35.5. The molecule has 132 valence electrons. The lowest BCUT2D eigenvalue weighted by Crippen LogP contribution is -2.39. The lowest BCUT2D eigenvalue weighted by atomic mass is 10.2. The summed E-state index contributed by atoms with van der Waals surface area (Å²) in [6.07, 6.45) is 0. The van der Waals surface area contributed by atoms with E-state index in [1.807, 2.05) is 19.1 Å². The van der Waals surface area contributed by atoms with E-state index < -0.39 is 0 Å². The Labute approximate surface area is 151 Å². The Balaban J connectivity index is 0.00000484. The number of hydrogen-bond acceptors (Lipinski definition) is 3. The number of nitrogens with zero attached hydrogens (tertiary/aromatic N) is 2. The number of hydrogen-bond donors (Lipinski definition) is 1. The number of anilines is 1. The van der Waals surface area contributed by atoms with Gasteiger partial charge in [0.25, 0.3) is 0 Å². The fourth-order valence-electron chi connectivity index (χ4n) is 2.34. The first kappa shape index (κ1) is 22.2. The van der Waals surface area contributed by atoms with E-state index in [0.29, 0.717) is 17.3 Å². The molecule has 1 aromatic carbocycles. The van der Waals surface area contributed by atoms with Crippen LogP contribution in [0.1, 0.15) is 26.3 Å². The van der Waals surface area contributed by atoms with Gasteiger partial charge in [-0.05, 0) is 38.2 Å². The fraction of sp³-hybridized carbons (Fsp3) is 0.588. The van der Waals surface area contributed by atoms with E-state index in [1.54, 1.807) is 6.07 Å². The van der Waals surface area contributed by atoms with Crippen molar-refractivity contribution >= 4 is 35.6 Å². The second kappa shape index (κ2) is 11.7. The third-order valence-corrected chi connectivity index (χ3v) is 4.24. The summed E-state index contributed by atoms with van der Waals surface area (Å²) in [5, 5.41) is 3.52. The molecule has 0 spiro atoms. The van der Waals surface area contributed by atoms with E-state index in [-0.39, 0.29) is 18.3 Å². The zero-order chi connectivity index (χ0) is 16.5. The summed E-state index contributed by atoms with van der Waals surface area (Å²) in [6.45, 7) is 13.6. The van der Waals surface area contributed by atoms with Gasteiger partial charge in [-0.3, -0.25) is 9.69 Å². The van der Waals surface area contributed by atoms with Crippen LogP contribution < -0.4 is 5.32 Å². The van der Waals surface area contributed by atoms with Crippen LogP contribution in [0.5, 0.6) is 0 Å². The van der Waals surface area contributed by atoms with E-state index in [4.69, 9.17) is 11.6 Å². The Hall–Kier alpha value is -0.810. The monoisotopic (exact) mass is 361 g/mol. The molecule has 0 fully saturated rings. The van der Waals surface area contributed by atoms with Gasteiger partial charge in [-0.2, -0.15) is 0 Å². The largest absolute Gasteiger partial charge is 0.323 e. The standard InChI is InChI=1S/C17H28ClN3O.ClH/c1-5-20(6-2)11-12-21(7-3)13-16(22)19-17-14(4)9-8-10-15(17)18;/h8-10H,5-7,11-13H2,1-4H3,(H,19,22);1H. The third kappa shape index (κ3) is 7.53. The summed E-state index contributed by atoms with van der Waals surface area (Å²) >= 11 is 6.15. The minimum Gasteiger partial charge on any atom is -0.323 e. The van der Waals surface area contributed by atoms with Crippen LogP contribution in [0.4, 0.5) is 5.69 Å². The number of para-hydroxylation sites is 1. The minimum atomic E-state index is -0.0161. The number of amides is 1. The quantitative estimate of drug-likeness (QED) is 0.728. The highest BCUT2D eigenvalue weighted by Crippen LogP contribution is 2.25. The summed E-state index contributed by atoms with van der Waals surface area (Å²) in [5.74, 6) is -0.0161. The maximum Gasteiger partial charge on any atom is 0.238 e. The summed E-state index contributed by atoms with van der Waals surface area (Å²) in [7, 11) is 0. The molecular weight excluding hydrogens is 333 g/mol. The van der Waals surface area contributed by atoms with Crippen LogP contribution in [-0.2, 0) is 4.79 Å². The molecule has 1 rings (SSSR count). The first-order chi connectivity index (χ1) is 10.5. The molecule has 0 saturated carbocycles. The average molecular weight is 362 g/mol. The number of rotatable bonds is 9. The highest BCUT2D eigenvalue weighted by molar-refractivity contribution is 6.33. The number of aryl methyl sites for hydroxylation is 1. The van der Waals surface area contributed by atoms with Crippen molar-refractivity contribution in [2.45, 2.75) is 27.7 Å². The number of halogens is 2. The van der Waals surface area contributed by atoms with Gasteiger partial charge in [-0.1, -0.05) is 44.5 Å². The predicted molar refractivity (Wildman–Crippen MR) is 102 cm³/mol. The first-order valence-electron chi connectivity index (χ1n) is 8.01. The molecular formula is C17H29Cl2N3O. The van der Waals surface area contributed by atoms with Crippen LogP contribution in [0.15, 0.2) is 18.2 Å². The van der Waals surface area contributed by atoms with Crippen LogP contribution in [0.25, 0.3) is 0 Å². The molecule has 0 radical (unpaired) electrons. The summed E-state index contributed by atoms with van der Waals surface area (Å²) in [6, 6.07) is 5.62. The molecule has 0 aromatic heterocycles. The molecule has 0 bridgehead atoms. The maximum atomic E-state index is 12.2. The molecule has 1 N–H and O–H groups in total. The smallest absolute Gasteiger partial charge is 0.238 e. The Bertz CT molecular complexity index is 459. The summed E-state index contributed by atoms with van der Waals surface area (Å²) in [4.78, 5) is 16.8. The van der Waals surface area contributed by atoms with Crippen molar-refractivity contribution in [1.82, 2.24) is 9.80 Å². The second-order valence-electron chi connectivity index (χ2n) is 5.38. The van der Waals surface area contributed by atoms with Gasteiger partial charge in [0.15, 0.2) is 0 Å². The molecule has 0 aliphatic carbocycles. The van der Waals surface area contributed by atoms with Gasteiger partial charge in [0.05, 0.1) is 17.3 Å². The van der Waals surface area contributed by atoms with Gasteiger partial charge < -0.3 is 10.2 Å². The molecule has 0 aliphatic rings. The number of nitrogens with one attached hydrogen (secondary N) is 1. The van der Waals surface area contributed by atoms with Crippen LogP contribution in [0.3, 0.4) is 0 Å². The highest BCUT2D eigenvalue weighted by Gasteiger charge is 2.13. The normalized spacial score (nSPS) is 10.7. The van der Waals surface area contributed by atoms with Crippen LogP contribution in [0.2, 0.25) is 5.02 Å². The molecule has 1 amide bonds. The molecule has 0 unspecified atom stereocenters. The summed E-state index contributed by atoms with van der Waals surface area (Å²) < 4.78 is 0. The predicted octanol–water partition coefficient (Wildman–Crippen LogP) is 3.67. The summed E-state index contributed by atoms with van der Waals surface area (Å²) in [5.41, 5.74) is 1.70. The fourth-order valence-corrected chi connectivity index (χ4v) is 2.61. The molecule has 1 aromatic rings. The van der Waals surface area contributed by atoms with Crippen LogP contribution in [0, 0.1) is 6.92 Å². The second-order valence-corrected chi connectivity index (χ2v) is 5.78. The van der Waals surface area contributed by atoms with Crippen molar-refractivity contribution in [1.29, 1.82) is 0 Å². The van der Waals surface area contributed by atoms with Gasteiger partial charge in [0, 0.05) is 13.1 Å². The van der Waals surface area contributed by atoms with Gasteiger partial charge in [-0.25, -0.2) is 0 Å². The Kier molecular flexibility index (Phi) is 11.3. The maximum absolute atomic E-state index is 12.2. The van der Waals surface area contributed by atoms with Crippen molar-refractivity contribution in [2.75, 3.05) is 44.6 Å². The average Bonchev–Trinajstić information content (AvgIpc) is 2.50. The number of benzene rings is 1.